The van der Waals surface area contributed by atoms with Gasteiger partial charge in [-0.2, -0.15) is 5.26 Å². The largest absolute Gasteiger partial charge is 0.349 e. The molecule has 1 amide bonds. The molecule has 1 saturated heterocycles. The molecule has 128 valence electrons. The normalized spacial score (nSPS) is 23.0. The van der Waals surface area contributed by atoms with Gasteiger partial charge in [-0.05, 0) is 23.1 Å². The van der Waals surface area contributed by atoms with Crippen LogP contribution in [0.4, 0.5) is 5.69 Å². The summed E-state index contributed by atoms with van der Waals surface area (Å²) in [7, 11) is 0. The Balaban J connectivity index is 2.03. The second-order valence-corrected chi connectivity index (χ2v) is 7.52. The van der Waals surface area contributed by atoms with E-state index in [-0.39, 0.29) is 11.3 Å². The van der Waals surface area contributed by atoms with Gasteiger partial charge >= 0.3 is 0 Å². The highest BCUT2D eigenvalue weighted by atomic mass is 16.5. The van der Waals surface area contributed by atoms with Crippen LogP contribution in [0.3, 0.4) is 0 Å². The first kappa shape index (κ1) is 17.2. The van der Waals surface area contributed by atoms with Crippen molar-refractivity contribution in [3.8, 4) is 6.07 Å². The maximum atomic E-state index is 13.0. The maximum Gasteiger partial charge on any atom is 0.277 e. The number of para-hydroxylation sites is 1. The monoisotopic (exact) mass is 334 g/mol. The van der Waals surface area contributed by atoms with Gasteiger partial charge in [-0.25, -0.2) is 0 Å². The smallest absolute Gasteiger partial charge is 0.277 e. The van der Waals surface area contributed by atoms with Crippen LogP contribution < -0.4 is 4.90 Å². The van der Waals surface area contributed by atoms with Gasteiger partial charge in [0.1, 0.15) is 12.1 Å². The second-order valence-electron chi connectivity index (χ2n) is 7.52. The minimum atomic E-state index is -1.48. The number of nitriles is 1. The first-order chi connectivity index (χ1) is 11.9. The Morgan fingerprint density at radius 1 is 1.08 bits per heavy atom. The zero-order chi connectivity index (χ0) is 18.1. The van der Waals surface area contributed by atoms with Gasteiger partial charge in [0, 0.05) is 5.69 Å². The molecule has 25 heavy (non-hydrogen) atoms. The molecule has 0 N–H and O–H groups in total. The lowest BCUT2D eigenvalue weighted by Crippen LogP contribution is -2.69. The van der Waals surface area contributed by atoms with Crippen molar-refractivity contribution in [2.45, 2.75) is 32.4 Å². The Morgan fingerprint density at radius 2 is 1.64 bits per heavy atom. The topological polar surface area (TPSA) is 53.3 Å². The van der Waals surface area contributed by atoms with E-state index in [2.05, 4.69) is 6.07 Å². The minimum Gasteiger partial charge on any atom is -0.349 e. The highest BCUT2D eigenvalue weighted by Crippen LogP contribution is 2.48. The molecule has 0 spiro atoms. The molecule has 0 bridgehead atoms. The van der Waals surface area contributed by atoms with Gasteiger partial charge in [-0.3, -0.25) is 9.69 Å². The van der Waals surface area contributed by atoms with Crippen molar-refractivity contribution in [2.24, 2.45) is 5.41 Å². The number of amides is 1. The van der Waals surface area contributed by atoms with Crippen molar-refractivity contribution in [1.82, 2.24) is 0 Å². The van der Waals surface area contributed by atoms with E-state index in [0.29, 0.717) is 6.61 Å². The molecule has 0 aliphatic carbocycles. The predicted molar refractivity (Wildman–Crippen MR) is 96.9 cm³/mol. The SMILES string of the molecule is CC(C)(C)CO[C@@]1(C#N)C(=O)N(c2ccccc2)[C@@H]1c1ccccc1. The summed E-state index contributed by atoms with van der Waals surface area (Å²) < 4.78 is 5.96. The summed E-state index contributed by atoms with van der Waals surface area (Å²) in [6.45, 7) is 6.40. The number of rotatable bonds is 4. The number of nitrogens with zero attached hydrogens (tertiary/aromatic N) is 2. The summed E-state index contributed by atoms with van der Waals surface area (Å²) in [6, 6.07) is 20.7. The number of carbonyl (C=O) groups is 1. The van der Waals surface area contributed by atoms with Crippen molar-refractivity contribution >= 4 is 11.6 Å². The fraction of sp³-hybridized carbons (Fsp3) is 0.333. The molecule has 2 atom stereocenters. The summed E-state index contributed by atoms with van der Waals surface area (Å²) in [5, 5.41) is 9.88. The van der Waals surface area contributed by atoms with Gasteiger partial charge in [0.2, 0.25) is 0 Å². The van der Waals surface area contributed by atoms with Crippen LogP contribution in [0.15, 0.2) is 60.7 Å². The number of β-lactam (4-membered cyclic amide) rings is 1. The molecule has 2 aromatic rings. The van der Waals surface area contributed by atoms with E-state index < -0.39 is 11.6 Å². The maximum absolute atomic E-state index is 13.0. The highest BCUT2D eigenvalue weighted by molar-refractivity contribution is 6.10. The van der Waals surface area contributed by atoms with E-state index in [0.717, 1.165) is 11.3 Å². The highest BCUT2D eigenvalue weighted by Gasteiger charge is 2.64. The van der Waals surface area contributed by atoms with Crippen molar-refractivity contribution in [3.05, 3.63) is 66.2 Å². The first-order valence-corrected chi connectivity index (χ1v) is 8.38. The van der Waals surface area contributed by atoms with Gasteiger partial charge in [-0.1, -0.05) is 69.3 Å². The second kappa shape index (κ2) is 6.34. The van der Waals surface area contributed by atoms with Crippen LogP contribution in [-0.4, -0.2) is 18.1 Å². The third kappa shape index (κ3) is 3.04. The van der Waals surface area contributed by atoms with Gasteiger partial charge in [0.25, 0.3) is 11.5 Å². The number of anilines is 1. The van der Waals surface area contributed by atoms with Crippen molar-refractivity contribution in [3.63, 3.8) is 0 Å². The van der Waals surface area contributed by atoms with E-state index in [4.69, 9.17) is 4.74 Å². The summed E-state index contributed by atoms with van der Waals surface area (Å²) in [5.41, 5.74) is 0.0382. The lowest BCUT2D eigenvalue weighted by Gasteiger charge is -2.52. The molecule has 3 rings (SSSR count). The zero-order valence-electron chi connectivity index (χ0n) is 14.8. The van der Waals surface area contributed by atoms with Gasteiger partial charge < -0.3 is 4.74 Å². The zero-order valence-corrected chi connectivity index (χ0v) is 14.8. The molecule has 1 heterocycles. The molecule has 0 aromatic heterocycles. The molecule has 4 heteroatoms. The van der Waals surface area contributed by atoms with E-state index in [1.807, 2.05) is 81.4 Å². The van der Waals surface area contributed by atoms with Crippen LogP contribution in [-0.2, 0) is 9.53 Å². The molecule has 1 aliphatic rings. The molecule has 0 saturated carbocycles. The van der Waals surface area contributed by atoms with Crippen molar-refractivity contribution < 1.29 is 9.53 Å². The van der Waals surface area contributed by atoms with Crippen LogP contribution in [0.1, 0.15) is 32.4 Å². The fourth-order valence-electron chi connectivity index (χ4n) is 3.02. The molecule has 2 aromatic carbocycles. The third-order valence-corrected chi connectivity index (χ3v) is 4.23. The lowest BCUT2D eigenvalue weighted by molar-refractivity contribution is -0.158. The minimum absolute atomic E-state index is 0.140. The number of carbonyl (C=O) groups excluding carboxylic acids is 1. The van der Waals surface area contributed by atoms with Gasteiger partial charge in [-0.15, -0.1) is 0 Å². The van der Waals surface area contributed by atoms with Crippen LogP contribution in [0, 0.1) is 16.7 Å². The van der Waals surface area contributed by atoms with Crippen LogP contribution in [0.25, 0.3) is 0 Å². The van der Waals surface area contributed by atoms with Crippen LogP contribution in [0.5, 0.6) is 0 Å². The fourth-order valence-corrected chi connectivity index (χ4v) is 3.02. The average Bonchev–Trinajstić information content (AvgIpc) is 2.61. The Labute approximate surface area is 148 Å². The van der Waals surface area contributed by atoms with Crippen LogP contribution >= 0.6 is 0 Å². The van der Waals surface area contributed by atoms with E-state index in [9.17, 15) is 10.1 Å². The predicted octanol–water partition coefficient (Wildman–Crippen LogP) is 4.10. The standard InChI is InChI=1S/C21H22N2O2/c1-20(2,3)15-25-21(14-22)18(16-10-6-4-7-11-16)23(19(21)24)17-12-8-5-9-13-17/h4-13,18H,15H2,1-3H3/t18-,21-/m1/s1. The van der Waals surface area contributed by atoms with Gasteiger partial charge in [0.15, 0.2) is 0 Å². The average molecular weight is 334 g/mol. The molecule has 0 radical (unpaired) electrons. The molecule has 4 nitrogen and oxygen atoms in total. The number of ether oxygens (including phenoxy) is 1. The van der Waals surface area contributed by atoms with Crippen LogP contribution in [0.2, 0.25) is 0 Å². The molecular weight excluding hydrogens is 312 g/mol. The van der Waals surface area contributed by atoms with Crippen molar-refractivity contribution in [2.75, 3.05) is 11.5 Å². The lowest BCUT2D eigenvalue weighted by atomic mass is 9.78. The van der Waals surface area contributed by atoms with E-state index in [1.165, 1.54) is 0 Å². The Kier molecular flexibility index (Phi) is 4.36. The molecule has 0 unspecified atom stereocenters. The Morgan fingerprint density at radius 3 is 2.16 bits per heavy atom. The summed E-state index contributed by atoms with van der Waals surface area (Å²) in [4.78, 5) is 14.6. The Bertz CT molecular complexity index is 790. The molecular formula is C21H22N2O2. The summed E-state index contributed by atoms with van der Waals surface area (Å²) in [5.74, 6) is -0.306. The van der Waals surface area contributed by atoms with Crippen molar-refractivity contribution in [1.29, 1.82) is 5.26 Å². The Hall–Kier alpha value is -2.64. The quantitative estimate of drug-likeness (QED) is 0.791. The van der Waals surface area contributed by atoms with E-state index in [1.54, 1.807) is 4.90 Å². The third-order valence-electron chi connectivity index (χ3n) is 4.23. The summed E-state index contributed by atoms with van der Waals surface area (Å²) >= 11 is 0. The number of hydrogen-bond acceptors (Lipinski definition) is 3. The molecule has 1 fully saturated rings. The number of hydrogen-bond donors (Lipinski definition) is 0. The first-order valence-electron chi connectivity index (χ1n) is 8.38. The number of benzene rings is 2. The summed E-state index contributed by atoms with van der Waals surface area (Å²) in [6.07, 6.45) is 0. The van der Waals surface area contributed by atoms with E-state index >= 15 is 0 Å². The van der Waals surface area contributed by atoms with Gasteiger partial charge in [0.05, 0.1) is 6.61 Å². The molecule has 1 aliphatic heterocycles.